The van der Waals surface area contributed by atoms with Gasteiger partial charge in [-0.1, -0.05) is 41.9 Å². The standard InChI is InChI=1S/C24H27ClN2O2/c1-17-22(19-9-11-21(25)12-10-19)29-23(26-17)18(2)27-15-6-13-24(28,14-16-27)20-7-4-3-5-8-20/h3-5,7-12,18,28H,6,13-16H2,1-2H3/t18-,24-/m1/s1. The van der Waals surface area contributed by atoms with Crippen LogP contribution in [0.3, 0.4) is 0 Å². The van der Waals surface area contributed by atoms with E-state index in [0.717, 1.165) is 54.4 Å². The highest BCUT2D eigenvalue weighted by molar-refractivity contribution is 6.30. The molecule has 1 aliphatic rings. The molecule has 3 aromatic rings. The maximum Gasteiger partial charge on any atom is 0.212 e. The van der Waals surface area contributed by atoms with Crippen molar-refractivity contribution < 1.29 is 9.52 Å². The Kier molecular flexibility index (Phi) is 5.77. The third-order valence-electron chi connectivity index (χ3n) is 5.98. The number of aryl methyl sites for hydroxylation is 1. The van der Waals surface area contributed by atoms with Crippen LogP contribution in [0.4, 0.5) is 0 Å². The first-order valence-corrected chi connectivity index (χ1v) is 10.6. The average molecular weight is 411 g/mol. The van der Waals surface area contributed by atoms with Crippen LogP contribution in [0, 0.1) is 6.92 Å². The number of oxazole rings is 1. The number of hydrogen-bond acceptors (Lipinski definition) is 4. The van der Waals surface area contributed by atoms with E-state index in [1.807, 2.05) is 61.5 Å². The maximum absolute atomic E-state index is 11.2. The number of aromatic nitrogens is 1. The number of hydrogen-bond donors (Lipinski definition) is 1. The summed E-state index contributed by atoms with van der Waals surface area (Å²) in [6.45, 7) is 5.81. The summed E-state index contributed by atoms with van der Waals surface area (Å²) in [5.74, 6) is 1.51. The molecule has 0 amide bonds. The highest BCUT2D eigenvalue weighted by atomic mass is 35.5. The van der Waals surface area contributed by atoms with Gasteiger partial charge in [0.05, 0.1) is 17.3 Å². The van der Waals surface area contributed by atoms with E-state index in [9.17, 15) is 5.11 Å². The zero-order valence-electron chi connectivity index (χ0n) is 16.9. The van der Waals surface area contributed by atoms with E-state index in [1.54, 1.807) is 0 Å². The largest absolute Gasteiger partial charge is 0.439 e. The molecule has 5 heteroatoms. The number of rotatable bonds is 4. The second-order valence-electron chi connectivity index (χ2n) is 7.94. The Morgan fingerprint density at radius 1 is 1.07 bits per heavy atom. The van der Waals surface area contributed by atoms with E-state index in [0.29, 0.717) is 11.4 Å². The van der Waals surface area contributed by atoms with Gasteiger partial charge in [-0.3, -0.25) is 4.90 Å². The molecule has 29 heavy (non-hydrogen) atoms. The third kappa shape index (κ3) is 4.25. The van der Waals surface area contributed by atoms with Gasteiger partial charge in [0.15, 0.2) is 5.76 Å². The van der Waals surface area contributed by atoms with Gasteiger partial charge in [-0.05, 0) is 69.5 Å². The lowest BCUT2D eigenvalue weighted by Gasteiger charge is -2.28. The van der Waals surface area contributed by atoms with Crippen molar-refractivity contribution >= 4 is 11.6 Å². The molecule has 0 spiro atoms. The molecule has 0 saturated carbocycles. The zero-order valence-corrected chi connectivity index (χ0v) is 17.7. The molecule has 0 bridgehead atoms. The quantitative estimate of drug-likeness (QED) is 0.596. The fraction of sp³-hybridized carbons (Fsp3) is 0.375. The Bertz CT molecular complexity index is 955. The summed E-state index contributed by atoms with van der Waals surface area (Å²) in [4.78, 5) is 7.06. The summed E-state index contributed by atoms with van der Waals surface area (Å²) in [5.41, 5.74) is 2.10. The van der Waals surface area contributed by atoms with Gasteiger partial charge in [0, 0.05) is 17.1 Å². The molecule has 2 aromatic carbocycles. The van der Waals surface area contributed by atoms with Crippen molar-refractivity contribution in [1.82, 2.24) is 9.88 Å². The molecule has 1 aromatic heterocycles. The van der Waals surface area contributed by atoms with Crippen LogP contribution < -0.4 is 0 Å². The molecular formula is C24H27ClN2O2. The van der Waals surface area contributed by atoms with Crippen LogP contribution >= 0.6 is 11.6 Å². The molecule has 4 nitrogen and oxygen atoms in total. The van der Waals surface area contributed by atoms with Crippen molar-refractivity contribution in [2.75, 3.05) is 13.1 Å². The van der Waals surface area contributed by atoms with Crippen LogP contribution in [0.25, 0.3) is 11.3 Å². The highest BCUT2D eigenvalue weighted by Crippen LogP contribution is 2.36. The zero-order chi connectivity index (χ0) is 20.4. The number of aliphatic hydroxyl groups is 1. The molecule has 0 unspecified atom stereocenters. The summed E-state index contributed by atoms with van der Waals surface area (Å²) in [6, 6.07) is 17.7. The Balaban J connectivity index is 1.51. The van der Waals surface area contributed by atoms with Crippen LogP contribution in [0.15, 0.2) is 59.0 Å². The molecule has 1 N–H and O–H groups in total. The Morgan fingerprint density at radius 2 is 1.79 bits per heavy atom. The lowest BCUT2D eigenvalue weighted by molar-refractivity contribution is 0.0197. The van der Waals surface area contributed by atoms with Gasteiger partial charge in [0.2, 0.25) is 5.89 Å². The summed E-state index contributed by atoms with van der Waals surface area (Å²) >= 11 is 6.01. The summed E-state index contributed by atoms with van der Waals surface area (Å²) in [6.07, 6.45) is 2.39. The monoisotopic (exact) mass is 410 g/mol. The molecule has 4 rings (SSSR count). The van der Waals surface area contributed by atoms with Crippen molar-refractivity contribution in [1.29, 1.82) is 0 Å². The van der Waals surface area contributed by atoms with Gasteiger partial charge in [0.1, 0.15) is 0 Å². The molecule has 1 saturated heterocycles. The predicted molar refractivity (Wildman–Crippen MR) is 116 cm³/mol. The van der Waals surface area contributed by atoms with Gasteiger partial charge >= 0.3 is 0 Å². The molecule has 1 aliphatic heterocycles. The van der Waals surface area contributed by atoms with Gasteiger partial charge in [0.25, 0.3) is 0 Å². The molecule has 152 valence electrons. The average Bonchev–Trinajstić information content (AvgIpc) is 3.00. The second kappa shape index (κ2) is 8.31. The minimum Gasteiger partial charge on any atom is -0.439 e. The summed E-state index contributed by atoms with van der Waals surface area (Å²) in [5, 5.41) is 11.9. The number of benzene rings is 2. The molecule has 2 atom stereocenters. The van der Waals surface area contributed by atoms with Crippen LogP contribution in [-0.2, 0) is 5.60 Å². The topological polar surface area (TPSA) is 49.5 Å². The molecule has 1 fully saturated rings. The number of likely N-dealkylation sites (tertiary alicyclic amines) is 1. The first-order valence-electron chi connectivity index (χ1n) is 10.2. The van der Waals surface area contributed by atoms with Crippen LogP contribution in [0.1, 0.15) is 49.4 Å². The van der Waals surface area contributed by atoms with Gasteiger partial charge < -0.3 is 9.52 Å². The van der Waals surface area contributed by atoms with Crippen LogP contribution in [-0.4, -0.2) is 28.1 Å². The van der Waals surface area contributed by atoms with E-state index >= 15 is 0 Å². The van der Waals surface area contributed by atoms with Crippen molar-refractivity contribution in [2.45, 2.75) is 44.8 Å². The van der Waals surface area contributed by atoms with Crippen LogP contribution in [0.5, 0.6) is 0 Å². The third-order valence-corrected chi connectivity index (χ3v) is 6.24. The first kappa shape index (κ1) is 20.1. The van der Waals surface area contributed by atoms with Gasteiger partial charge in [-0.2, -0.15) is 0 Å². The summed E-state index contributed by atoms with van der Waals surface area (Å²) < 4.78 is 6.17. The van der Waals surface area contributed by atoms with Crippen molar-refractivity contribution in [2.24, 2.45) is 0 Å². The molecule has 0 aliphatic carbocycles. The van der Waals surface area contributed by atoms with Crippen LogP contribution in [0.2, 0.25) is 5.02 Å². The van der Waals surface area contributed by atoms with Crippen molar-refractivity contribution in [3.05, 3.63) is 76.8 Å². The maximum atomic E-state index is 11.2. The highest BCUT2D eigenvalue weighted by Gasteiger charge is 2.34. The first-order chi connectivity index (χ1) is 14.0. The Labute approximate surface area is 177 Å². The molecule has 0 radical (unpaired) electrons. The number of halogens is 1. The predicted octanol–water partition coefficient (Wildman–Crippen LogP) is 5.74. The van der Waals surface area contributed by atoms with E-state index in [2.05, 4.69) is 11.8 Å². The minimum absolute atomic E-state index is 0.0490. The Hall–Kier alpha value is -2.14. The fourth-order valence-electron chi connectivity index (χ4n) is 4.19. The second-order valence-corrected chi connectivity index (χ2v) is 8.37. The van der Waals surface area contributed by atoms with E-state index in [1.165, 1.54) is 0 Å². The SMILES string of the molecule is Cc1nc([C@@H](C)N2CCC[C@](O)(c3ccccc3)CC2)oc1-c1ccc(Cl)cc1. The van der Waals surface area contributed by atoms with Crippen molar-refractivity contribution in [3.63, 3.8) is 0 Å². The fourth-order valence-corrected chi connectivity index (χ4v) is 4.31. The van der Waals surface area contributed by atoms with Gasteiger partial charge in [-0.15, -0.1) is 0 Å². The molecule has 2 heterocycles. The van der Waals surface area contributed by atoms with Crippen molar-refractivity contribution in [3.8, 4) is 11.3 Å². The van der Waals surface area contributed by atoms with E-state index < -0.39 is 5.60 Å². The Morgan fingerprint density at radius 3 is 2.52 bits per heavy atom. The van der Waals surface area contributed by atoms with Gasteiger partial charge in [-0.25, -0.2) is 4.98 Å². The lowest BCUT2D eigenvalue weighted by atomic mass is 9.87. The molecular weight excluding hydrogens is 384 g/mol. The van der Waals surface area contributed by atoms with E-state index in [-0.39, 0.29) is 6.04 Å². The normalized spacial score (nSPS) is 21.7. The lowest BCUT2D eigenvalue weighted by Crippen LogP contribution is -2.31. The van der Waals surface area contributed by atoms with E-state index in [4.69, 9.17) is 21.0 Å². The smallest absolute Gasteiger partial charge is 0.212 e. The summed E-state index contributed by atoms with van der Waals surface area (Å²) in [7, 11) is 0. The number of nitrogens with zero attached hydrogens (tertiary/aromatic N) is 2. The minimum atomic E-state index is -0.767.